The molecule has 0 fully saturated rings. The number of aliphatic hydroxyl groups is 1. The first kappa shape index (κ1) is 16.6. The number of hydrogen-bond donors (Lipinski definition) is 2. The van der Waals surface area contributed by atoms with Crippen molar-refractivity contribution >= 4 is 23.3 Å². The van der Waals surface area contributed by atoms with Crippen LogP contribution in [0.15, 0.2) is 18.2 Å². The van der Waals surface area contributed by atoms with Crippen molar-refractivity contribution in [3.63, 3.8) is 0 Å². The summed E-state index contributed by atoms with van der Waals surface area (Å²) < 4.78 is 5.64. The molecule has 2 N–H and O–H groups in total. The number of likely N-dealkylation sites (N-methyl/N-ethyl adjacent to an activating group) is 1. The summed E-state index contributed by atoms with van der Waals surface area (Å²) >= 11 is 6.10. The number of ether oxygens (including phenoxy) is 1. The minimum atomic E-state index is -0.294. The highest BCUT2D eigenvalue weighted by Gasteiger charge is 2.16. The smallest absolute Gasteiger partial charge is 0.322 e. The lowest BCUT2D eigenvalue weighted by molar-refractivity contribution is 0.191. The molecule has 0 aliphatic rings. The number of rotatable bonds is 6. The number of nitrogens with zero attached hydrogens (tertiary/aromatic N) is 1. The van der Waals surface area contributed by atoms with Gasteiger partial charge in [-0.1, -0.05) is 17.7 Å². The summed E-state index contributed by atoms with van der Waals surface area (Å²) in [4.78, 5) is 13.6. The van der Waals surface area contributed by atoms with Gasteiger partial charge in [0.25, 0.3) is 0 Å². The Labute approximate surface area is 124 Å². The molecule has 0 saturated heterocycles. The molecule has 20 heavy (non-hydrogen) atoms. The van der Waals surface area contributed by atoms with Gasteiger partial charge in [0.15, 0.2) is 5.75 Å². The number of hydrogen-bond acceptors (Lipinski definition) is 3. The summed E-state index contributed by atoms with van der Waals surface area (Å²) in [5.41, 5.74) is 0.521. The van der Waals surface area contributed by atoms with E-state index in [0.29, 0.717) is 23.0 Å². The van der Waals surface area contributed by atoms with E-state index in [4.69, 9.17) is 21.4 Å². The number of para-hydroxylation sites is 1. The molecule has 0 aliphatic carbocycles. The molecule has 2 amide bonds. The van der Waals surface area contributed by atoms with Crippen LogP contribution in [0.1, 0.15) is 20.8 Å². The highest BCUT2D eigenvalue weighted by molar-refractivity contribution is 6.32. The molecular formula is C14H21ClN2O3. The average Bonchev–Trinajstić information content (AvgIpc) is 2.39. The largest absolute Gasteiger partial charge is 0.487 e. The maximum Gasteiger partial charge on any atom is 0.322 e. The Balaban J connectivity index is 2.91. The van der Waals surface area contributed by atoms with E-state index in [1.165, 1.54) is 4.90 Å². The molecule has 0 unspecified atom stereocenters. The molecule has 0 heterocycles. The Morgan fingerprint density at radius 1 is 1.50 bits per heavy atom. The number of amides is 2. The van der Waals surface area contributed by atoms with Crippen molar-refractivity contribution < 1.29 is 14.6 Å². The Bertz CT molecular complexity index is 452. The van der Waals surface area contributed by atoms with E-state index in [9.17, 15) is 4.79 Å². The standard InChI is InChI=1S/C14H21ClN2O3/c1-4-17(8-9-18)14(19)16-12-7-5-6-11(15)13(12)20-10(2)3/h5-7,10,18H,4,8-9H2,1-3H3,(H,16,19). The van der Waals surface area contributed by atoms with Crippen LogP contribution in [-0.4, -0.2) is 41.8 Å². The highest BCUT2D eigenvalue weighted by Crippen LogP contribution is 2.33. The highest BCUT2D eigenvalue weighted by atomic mass is 35.5. The lowest BCUT2D eigenvalue weighted by atomic mass is 10.3. The molecule has 0 saturated carbocycles. The first-order valence-electron chi connectivity index (χ1n) is 6.61. The fraction of sp³-hybridized carbons (Fsp3) is 0.500. The third-order valence-corrected chi connectivity index (χ3v) is 2.90. The normalized spacial score (nSPS) is 10.5. The van der Waals surface area contributed by atoms with Gasteiger partial charge in [-0.05, 0) is 32.9 Å². The molecule has 1 rings (SSSR count). The molecule has 0 spiro atoms. The Kier molecular flexibility index (Phi) is 6.61. The van der Waals surface area contributed by atoms with E-state index >= 15 is 0 Å². The number of benzene rings is 1. The zero-order valence-electron chi connectivity index (χ0n) is 12.0. The van der Waals surface area contributed by atoms with Crippen LogP contribution in [-0.2, 0) is 0 Å². The van der Waals surface area contributed by atoms with Crippen molar-refractivity contribution in [2.75, 3.05) is 25.0 Å². The van der Waals surface area contributed by atoms with Gasteiger partial charge in [-0.2, -0.15) is 0 Å². The zero-order valence-corrected chi connectivity index (χ0v) is 12.8. The van der Waals surface area contributed by atoms with Crippen LogP contribution in [0.25, 0.3) is 0 Å². The lowest BCUT2D eigenvalue weighted by Gasteiger charge is -2.22. The van der Waals surface area contributed by atoms with Gasteiger partial charge in [-0.25, -0.2) is 4.79 Å². The molecule has 6 heteroatoms. The van der Waals surface area contributed by atoms with E-state index in [1.807, 2.05) is 20.8 Å². The fourth-order valence-corrected chi connectivity index (χ4v) is 1.90. The van der Waals surface area contributed by atoms with Crippen molar-refractivity contribution in [2.24, 2.45) is 0 Å². The van der Waals surface area contributed by atoms with Gasteiger partial charge in [0.1, 0.15) is 0 Å². The minimum Gasteiger partial charge on any atom is -0.487 e. The van der Waals surface area contributed by atoms with Crippen LogP contribution >= 0.6 is 11.6 Å². The minimum absolute atomic E-state index is 0.0507. The lowest BCUT2D eigenvalue weighted by Crippen LogP contribution is -2.36. The Morgan fingerprint density at radius 3 is 2.75 bits per heavy atom. The number of nitrogens with one attached hydrogen (secondary N) is 1. The molecule has 112 valence electrons. The van der Waals surface area contributed by atoms with Crippen molar-refractivity contribution in [1.29, 1.82) is 0 Å². The summed E-state index contributed by atoms with van der Waals surface area (Å²) in [6, 6.07) is 4.89. The van der Waals surface area contributed by atoms with Crippen LogP contribution in [0.2, 0.25) is 5.02 Å². The first-order chi connectivity index (χ1) is 9.49. The quantitative estimate of drug-likeness (QED) is 0.849. The number of carbonyl (C=O) groups is 1. The molecule has 0 aliphatic heterocycles. The van der Waals surface area contributed by atoms with Crippen LogP contribution in [0.5, 0.6) is 5.75 Å². The number of carbonyl (C=O) groups excluding carboxylic acids is 1. The summed E-state index contributed by atoms with van der Waals surface area (Å²) in [6.45, 7) is 6.33. The molecule has 0 aromatic heterocycles. The van der Waals surface area contributed by atoms with Crippen LogP contribution < -0.4 is 10.1 Å². The number of urea groups is 1. The predicted molar refractivity (Wildman–Crippen MR) is 80.6 cm³/mol. The summed E-state index contributed by atoms with van der Waals surface area (Å²) in [7, 11) is 0. The summed E-state index contributed by atoms with van der Waals surface area (Å²) in [6.07, 6.45) is -0.0507. The van der Waals surface area contributed by atoms with Crippen molar-refractivity contribution in [3.05, 3.63) is 23.2 Å². The summed E-state index contributed by atoms with van der Waals surface area (Å²) in [5, 5.41) is 12.1. The second kappa shape index (κ2) is 7.97. The number of anilines is 1. The Hall–Kier alpha value is -1.46. The van der Waals surface area contributed by atoms with Gasteiger partial charge >= 0.3 is 6.03 Å². The third-order valence-electron chi connectivity index (χ3n) is 2.60. The van der Waals surface area contributed by atoms with Gasteiger partial charge < -0.3 is 20.1 Å². The molecule has 5 nitrogen and oxygen atoms in total. The van der Waals surface area contributed by atoms with Crippen molar-refractivity contribution in [3.8, 4) is 5.75 Å². The maximum atomic E-state index is 12.1. The fourth-order valence-electron chi connectivity index (χ4n) is 1.68. The second-order valence-electron chi connectivity index (χ2n) is 4.52. The molecule has 1 aromatic rings. The molecule has 0 atom stereocenters. The second-order valence-corrected chi connectivity index (χ2v) is 4.92. The van der Waals surface area contributed by atoms with Gasteiger partial charge in [0.05, 0.1) is 23.4 Å². The van der Waals surface area contributed by atoms with E-state index in [0.717, 1.165) is 0 Å². The van der Waals surface area contributed by atoms with E-state index in [2.05, 4.69) is 5.32 Å². The first-order valence-corrected chi connectivity index (χ1v) is 6.99. The molecule has 1 aromatic carbocycles. The SMILES string of the molecule is CCN(CCO)C(=O)Nc1cccc(Cl)c1OC(C)C. The van der Waals surface area contributed by atoms with Crippen LogP contribution in [0, 0.1) is 0 Å². The van der Waals surface area contributed by atoms with Gasteiger partial charge in [-0.3, -0.25) is 0 Å². The molecular weight excluding hydrogens is 280 g/mol. The van der Waals surface area contributed by atoms with E-state index in [-0.39, 0.29) is 25.3 Å². The monoisotopic (exact) mass is 300 g/mol. The van der Waals surface area contributed by atoms with Gasteiger partial charge in [0, 0.05) is 13.1 Å². The van der Waals surface area contributed by atoms with Gasteiger partial charge in [0.2, 0.25) is 0 Å². The van der Waals surface area contributed by atoms with Crippen molar-refractivity contribution in [2.45, 2.75) is 26.9 Å². The van der Waals surface area contributed by atoms with E-state index in [1.54, 1.807) is 18.2 Å². The topological polar surface area (TPSA) is 61.8 Å². The van der Waals surface area contributed by atoms with Crippen LogP contribution in [0.3, 0.4) is 0 Å². The maximum absolute atomic E-state index is 12.1. The van der Waals surface area contributed by atoms with Gasteiger partial charge in [-0.15, -0.1) is 0 Å². The Morgan fingerprint density at radius 2 is 2.20 bits per heavy atom. The summed E-state index contributed by atoms with van der Waals surface area (Å²) in [5.74, 6) is 0.456. The predicted octanol–water partition coefficient (Wildman–Crippen LogP) is 2.97. The molecule has 0 bridgehead atoms. The van der Waals surface area contributed by atoms with E-state index < -0.39 is 0 Å². The van der Waals surface area contributed by atoms with Crippen LogP contribution in [0.4, 0.5) is 10.5 Å². The van der Waals surface area contributed by atoms with Crippen molar-refractivity contribution in [1.82, 2.24) is 4.90 Å². The third kappa shape index (κ3) is 4.58. The number of halogens is 1. The molecule has 0 radical (unpaired) electrons. The zero-order chi connectivity index (χ0) is 15.1. The average molecular weight is 301 g/mol. The number of aliphatic hydroxyl groups excluding tert-OH is 1.